The number of fused-ring (bicyclic) bond motifs is 1. The smallest absolute Gasteiger partial charge is 0.272 e. The zero-order valence-corrected chi connectivity index (χ0v) is 17.2. The second-order valence-electron chi connectivity index (χ2n) is 7.20. The van der Waals surface area contributed by atoms with Crippen molar-refractivity contribution in [3.63, 3.8) is 0 Å². The summed E-state index contributed by atoms with van der Waals surface area (Å²) in [7, 11) is 0. The van der Waals surface area contributed by atoms with Gasteiger partial charge in [-0.25, -0.2) is 9.37 Å². The van der Waals surface area contributed by atoms with Crippen molar-refractivity contribution in [1.29, 1.82) is 0 Å². The fourth-order valence-corrected chi connectivity index (χ4v) is 3.51. The number of nitrogens with zero attached hydrogens (tertiary/aromatic N) is 2. The molecule has 0 aliphatic heterocycles. The molecule has 5 nitrogen and oxygen atoms in total. The van der Waals surface area contributed by atoms with Crippen LogP contribution in [0.3, 0.4) is 0 Å². The number of carbonyl (C=O) groups excluding carboxylic acids is 1. The normalized spacial score (nSPS) is 10.8. The highest BCUT2D eigenvalue weighted by Crippen LogP contribution is 2.34. The number of nitrogens with one attached hydrogen (secondary N) is 2. The Morgan fingerprint density at radius 1 is 0.968 bits per heavy atom. The summed E-state index contributed by atoms with van der Waals surface area (Å²) in [5.74, 6) is -0.594. The monoisotopic (exact) mass is 414 g/mol. The minimum atomic E-state index is -0.355. The van der Waals surface area contributed by atoms with E-state index in [0.717, 1.165) is 22.8 Å². The summed E-state index contributed by atoms with van der Waals surface area (Å²) < 4.78 is 14.5. The Labute approximate surface area is 180 Å². The number of hydrogen-bond acceptors (Lipinski definition) is 4. The summed E-state index contributed by atoms with van der Waals surface area (Å²) in [5, 5.41) is 7.83. The minimum absolute atomic E-state index is 0.239. The van der Waals surface area contributed by atoms with Crippen molar-refractivity contribution in [3.05, 3.63) is 90.3 Å². The first-order valence-electron chi connectivity index (χ1n) is 10.3. The minimum Gasteiger partial charge on any atom is -0.379 e. The molecule has 0 aliphatic rings. The molecule has 0 bridgehead atoms. The summed E-state index contributed by atoms with van der Waals surface area (Å²) >= 11 is 0. The number of hydrogen-bond donors (Lipinski definition) is 2. The first-order valence-corrected chi connectivity index (χ1v) is 10.3. The van der Waals surface area contributed by atoms with Crippen LogP contribution in [0, 0.1) is 5.82 Å². The van der Waals surface area contributed by atoms with Crippen molar-refractivity contribution in [2.24, 2.45) is 0 Å². The van der Waals surface area contributed by atoms with E-state index in [1.807, 2.05) is 55.5 Å². The molecule has 0 saturated carbocycles. The van der Waals surface area contributed by atoms with E-state index in [4.69, 9.17) is 0 Å². The molecule has 2 heterocycles. The second-order valence-corrected chi connectivity index (χ2v) is 7.20. The molecular weight excluding hydrogens is 391 g/mol. The van der Waals surface area contributed by atoms with E-state index in [1.54, 1.807) is 6.20 Å². The van der Waals surface area contributed by atoms with E-state index in [0.29, 0.717) is 35.6 Å². The van der Waals surface area contributed by atoms with Crippen LogP contribution in [0.15, 0.2) is 73.2 Å². The third-order valence-electron chi connectivity index (χ3n) is 5.06. The molecule has 1 amide bonds. The third-order valence-corrected chi connectivity index (χ3v) is 5.06. The van der Waals surface area contributed by atoms with E-state index >= 15 is 0 Å². The van der Waals surface area contributed by atoms with Crippen molar-refractivity contribution < 1.29 is 9.18 Å². The summed E-state index contributed by atoms with van der Waals surface area (Å²) in [6.07, 6.45) is 5.39. The third kappa shape index (κ3) is 4.38. The molecule has 0 aliphatic carbocycles. The molecule has 4 rings (SSSR count). The van der Waals surface area contributed by atoms with Gasteiger partial charge in [-0.05, 0) is 23.6 Å². The predicted octanol–water partition coefficient (Wildman–Crippen LogP) is 5.19. The number of halogens is 1. The van der Waals surface area contributed by atoms with Gasteiger partial charge in [-0.3, -0.25) is 9.78 Å². The summed E-state index contributed by atoms with van der Waals surface area (Å²) in [5.41, 5.74) is 3.10. The molecule has 4 aromatic rings. The van der Waals surface area contributed by atoms with E-state index in [9.17, 15) is 9.18 Å². The Kier molecular flexibility index (Phi) is 6.17. The highest BCUT2D eigenvalue weighted by molar-refractivity contribution is 6.09. The van der Waals surface area contributed by atoms with Gasteiger partial charge in [0, 0.05) is 48.0 Å². The van der Waals surface area contributed by atoms with Gasteiger partial charge in [0.15, 0.2) is 5.69 Å². The molecule has 0 fully saturated rings. The Morgan fingerprint density at radius 3 is 2.58 bits per heavy atom. The summed E-state index contributed by atoms with van der Waals surface area (Å²) in [6, 6.07) is 16.9. The summed E-state index contributed by atoms with van der Waals surface area (Å²) in [6.45, 7) is 3.09. The lowest BCUT2D eigenvalue weighted by Gasteiger charge is -2.16. The first-order chi connectivity index (χ1) is 15.2. The van der Waals surface area contributed by atoms with Crippen molar-refractivity contribution in [1.82, 2.24) is 15.3 Å². The van der Waals surface area contributed by atoms with Gasteiger partial charge >= 0.3 is 0 Å². The van der Waals surface area contributed by atoms with Crippen molar-refractivity contribution in [2.45, 2.75) is 19.9 Å². The maximum atomic E-state index is 14.5. The van der Waals surface area contributed by atoms with E-state index in [-0.39, 0.29) is 11.7 Å². The van der Waals surface area contributed by atoms with Crippen LogP contribution in [0.4, 0.5) is 10.1 Å². The van der Waals surface area contributed by atoms with Gasteiger partial charge in [0.2, 0.25) is 0 Å². The van der Waals surface area contributed by atoms with Gasteiger partial charge in [0.25, 0.3) is 5.91 Å². The fourth-order valence-electron chi connectivity index (χ4n) is 3.51. The highest BCUT2D eigenvalue weighted by atomic mass is 19.1. The van der Waals surface area contributed by atoms with Gasteiger partial charge < -0.3 is 10.6 Å². The Hall–Kier alpha value is -3.80. The summed E-state index contributed by atoms with van der Waals surface area (Å²) in [4.78, 5) is 21.3. The van der Waals surface area contributed by atoms with Crippen LogP contribution < -0.4 is 10.6 Å². The first kappa shape index (κ1) is 20.5. The zero-order valence-electron chi connectivity index (χ0n) is 17.2. The van der Waals surface area contributed by atoms with Crippen LogP contribution in [0.1, 0.15) is 29.4 Å². The Bertz CT molecular complexity index is 1210. The number of amides is 1. The number of rotatable bonds is 7. The van der Waals surface area contributed by atoms with Gasteiger partial charge in [0.1, 0.15) is 5.82 Å². The van der Waals surface area contributed by atoms with E-state index in [1.165, 1.54) is 18.5 Å². The van der Waals surface area contributed by atoms with Gasteiger partial charge in [0.05, 0.1) is 5.69 Å². The lowest BCUT2D eigenvalue weighted by molar-refractivity contribution is 0.0949. The standard InChI is InChI=1S/C25H23FN4O/c1-2-12-28-25(31)24-23(29-14-17-7-4-3-5-8-17)19-10-6-9-18(20(19)16-30-24)21-15-27-13-11-22(21)26/h3-11,13,15-16,29H,2,12,14H2,1H3,(H,28,31). The van der Waals surface area contributed by atoms with Crippen molar-refractivity contribution in [2.75, 3.05) is 11.9 Å². The molecule has 0 radical (unpaired) electrons. The number of carbonyl (C=O) groups is 1. The molecule has 31 heavy (non-hydrogen) atoms. The van der Waals surface area contributed by atoms with Gasteiger partial charge in [-0.15, -0.1) is 0 Å². The number of benzene rings is 2. The van der Waals surface area contributed by atoms with Crippen LogP contribution in [0.5, 0.6) is 0 Å². The molecule has 6 heteroatoms. The number of anilines is 1. The lowest BCUT2D eigenvalue weighted by Crippen LogP contribution is -2.26. The molecular formula is C25H23FN4O. The van der Waals surface area contributed by atoms with Gasteiger partial charge in [-0.2, -0.15) is 0 Å². The van der Waals surface area contributed by atoms with E-state index < -0.39 is 0 Å². The molecule has 2 N–H and O–H groups in total. The Balaban J connectivity index is 1.84. The highest BCUT2D eigenvalue weighted by Gasteiger charge is 2.18. The SMILES string of the molecule is CCCNC(=O)c1ncc2c(-c3cnccc3F)cccc2c1NCc1ccccc1. The maximum absolute atomic E-state index is 14.5. The molecule has 156 valence electrons. The maximum Gasteiger partial charge on any atom is 0.272 e. The molecule has 0 unspecified atom stereocenters. The number of pyridine rings is 2. The second kappa shape index (κ2) is 9.34. The predicted molar refractivity (Wildman–Crippen MR) is 121 cm³/mol. The van der Waals surface area contributed by atoms with Crippen molar-refractivity contribution in [3.8, 4) is 11.1 Å². The molecule has 2 aromatic heterocycles. The van der Waals surface area contributed by atoms with Crippen LogP contribution >= 0.6 is 0 Å². The van der Waals surface area contributed by atoms with Crippen LogP contribution in [-0.2, 0) is 6.54 Å². The van der Waals surface area contributed by atoms with Crippen LogP contribution in [-0.4, -0.2) is 22.4 Å². The van der Waals surface area contributed by atoms with Crippen LogP contribution in [0.25, 0.3) is 21.9 Å². The number of aromatic nitrogens is 2. The van der Waals surface area contributed by atoms with Gasteiger partial charge in [-0.1, -0.05) is 55.5 Å². The Morgan fingerprint density at radius 2 is 1.81 bits per heavy atom. The zero-order chi connectivity index (χ0) is 21.6. The fraction of sp³-hybridized carbons (Fsp3) is 0.160. The lowest BCUT2D eigenvalue weighted by atomic mass is 9.98. The average Bonchev–Trinajstić information content (AvgIpc) is 2.81. The topological polar surface area (TPSA) is 66.9 Å². The molecule has 2 aromatic carbocycles. The largest absolute Gasteiger partial charge is 0.379 e. The van der Waals surface area contributed by atoms with Crippen molar-refractivity contribution >= 4 is 22.4 Å². The van der Waals surface area contributed by atoms with Crippen LogP contribution in [0.2, 0.25) is 0 Å². The molecule has 0 saturated heterocycles. The molecule has 0 atom stereocenters. The quantitative estimate of drug-likeness (QED) is 0.437. The average molecular weight is 414 g/mol. The van der Waals surface area contributed by atoms with E-state index in [2.05, 4.69) is 20.6 Å². The molecule has 0 spiro atoms.